The van der Waals surface area contributed by atoms with Crippen molar-refractivity contribution in [3.63, 3.8) is 0 Å². The largest absolute Gasteiger partial charge is 0.390 e. The van der Waals surface area contributed by atoms with Crippen LogP contribution in [0.2, 0.25) is 0 Å². The zero-order chi connectivity index (χ0) is 14.8. The van der Waals surface area contributed by atoms with Gasteiger partial charge in [0.05, 0.1) is 6.10 Å². The lowest BCUT2D eigenvalue weighted by molar-refractivity contribution is -0.129. The smallest absolute Gasteiger partial charge is 0.222 e. The Morgan fingerprint density at radius 2 is 2.05 bits per heavy atom. The number of benzene rings is 1. The van der Waals surface area contributed by atoms with Gasteiger partial charge >= 0.3 is 0 Å². The monoisotopic (exact) mass is 288 g/mol. The van der Waals surface area contributed by atoms with Gasteiger partial charge in [-0.15, -0.1) is 0 Å². The van der Waals surface area contributed by atoms with Gasteiger partial charge in [-0.3, -0.25) is 9.69 Å². The summed E-state index contributed by atoms with van der Waals surface area (Å²) >= 11 is 0. The molecule has 0 saturated carbocycles. The van der Waals surface area contributed by atoms with Crippen molar-refractivity contribution in [3.8, 4) is 0 Å². The molecule has 0 bridgehead atoms. The lowest BCUT2D eigenvalue weighted by atomic mass is 9.93. The van der Waals surface area contributed by atoms with Crippen molar-refractivity contribution in [2.75, 3.05) is 26.2 Å². The summed E-state index contributed by atoms with van der Waals surface area (Å²) in [7, 11) is 0. The van der Waals surface area contributed by atoms with Gasteiger partial charge in [-0.25, -0.2) is 0 Å². The van der Waals surface area contributed by atoms with Gasteiger partial charge in [0, 0.05) is 38.6 Å². The maximum absolute atomic E-state index is 11.6. The van der Waals surface area contributed by atoms with Crippen molar-refractivity contribution in [1.82, 2.24) is 9.80 Å². The van der Waals surface area contributed by atoms with Gasteiger partial charge in [-0.2, -0.15) is 0 Å². The molecule has 2 aliphatic heterocycles. The number of fused-ring (bicyclic) bond motifs is 1. The molecule has 1 amide bonds. The lowest BCUT2D eigenvalue weighted by Gasteiger charge is -2.37. The predicted octanol–water partition coefficient (Wildman–Crippen LogP) is 1.59. The van der Waals surface area contributed by atoms with Crippen LogP contribution in [0, 0.1) is 0 Å². The Hall–Kier alpha value is -1.39. The highest BCUT2D eigenvalue weighted by atomic mass is 16.3. The fourth-order valence-corrected chi connectivity index (χ4v) is 3.55. The SMILES string of the molecule is CC1c2ccccc2CCN1CC(O)CN1CCCC1=O. The Kier molecular flexibility index (Phi) is 4.27. The molecular weight excluding hydrogens is 264 g/mol. The first-order valence-corrected chi connectivity index (χ1v) is 7.93. The molecule has 1 aromatic rings. The summed E-state index contributed by atoms with van der Waals surface area (Å²) in [6, 6.07) is 8.89. The Balaban J connectivity index is 1.59. The highest BCUT2D eigenvalue weighted by Gasteiger charge is 2.27. The summed E-state index contributed by atoms with van der Waals surface area (Å²) in [4.78, 5) is 15.8. The fourth-order valence-electron chi connectivity index (χ4n) is 3.55. The molecule has 2 aliphatic rings. The molecule has 2 heterocycles. The van der Waals surface area contributed by atoms with E-state index in [0.717, 1.165) is 25.9 Å². The van der Waals surface area contributed by atoms with Gasteiger partial charge < -0.3 is 10.0 Å². The number of carbonyl (C=O) groups excluding carboxylic acids is 1. The van der Waals surface area contributed by atoms with Crippen LogP contribution in [0.15, 0.2) is 24.3 Å². The lowest BCUT2D eigenvalue weighted by Crippen LogP contribution is -2.43. The number of hydrogen-bond acceptors (Lipinski definition) is 3. The molecule has 1 aromatic carbocycles. The van der Waals surface area contributed by atoms with Crippen LogP contribution in [0.1, 0.15) is 36.9 Å². The van der Waals surface area contributed by atoms with E-state index in [1.165, 1.54) is 11.1 Å². The third-order valence-corrected chi connectivity index (χ3v) is 4.77. The van der Waals surface area contributed by atoms with Gasteiger partial charge in [0.2, 0.25) is 5.91 Å². The van der Waals surface area contributed by atoms with Crippen molar-refractivity contribution >= 4 is 5.91 Å². The highest BCUT2D eigenvalue weighted by Crippen LogP contribution is 2.29. The molecule has 1 fully saturated rings. The first kappa shape index (κ1) is 14.5. The number of aliphatic hydroxyl groups excluding tert-OH is 1. The van der Waals surface area contributed by atoms with E-state index in [9.17, 15) is 9.90 Å². The number of rotatable bonds is 4. The number of amides is 1. The van der Waals surface area contributed by atoms with E-state index < -0.39 is 6.10 Å². The molecule has 0 aliphatic carbocycles. The zero-order valence-corrected chi connectivity index (χ0v) is 12.7. The molecule has 0 aromatic heterocycles. The van der Waals surface area contributed by atoms with Crippen molar-refractivity contribution in [2.24, 2.45) is 0 Å². The molecule has 2 unspecified atom stereocenters. The van der Waals surface area contributed by atoms with Crippen LogP contribution in [0.5, 0.6) is 0 Å². The third-order valence-electron chi connectivity index (χ3n) is 4.77. The molecular formula is C17H24N2O2. The Morgan fingerprint density at radius 3 is 2.81 bits per heavy atom. The minimum Gasteiger partial charge on any atom is -0.390 e. The van der Waals surface area contributed by atoms with Crippen LogP contribution in [-0.2, 0) is 11.2 Å². The minimum absolute atomic E-state index is 0.186. The maximum Gasteiger partial charge on any atom is 0.222 e. The number of carbonyl (C=O) groups is 1. The van der Waals surface area contributed by atoms with Crippen molar-refractivity contribution in [3.05, 3.63) is 35.4 Å². The van der Waals surface area contributed by atoms with E-state index in [1.807, 2.05) is 0 Å². The van der Waals surface area contributed by atoms with Crippen molar-refractivity contribution in [2.45, 2.75) is 38.3 Å². The molecule has 1 N–H and O–H groups in total. The number of aliphatic hydroxyl groups is 1. The summed E-state index contributed by atoms with van der Waals surface area (Å²) in [5.74, 6) is 0.186. The average molecular weight is 288 g/mol. The molecule has 4 nitrogen and oxygen atoms in total. The van der Waals surface area contributed by atoms with Crippen LogP contribution < -0.4 is 0 Å². The normalized spacial score (nSPS) is 24.2. The standard InChI is InChI=1S/C17H24N2O2/c1-13-16-6-3-2-5-14(16)8-10-18(13)11-15(20)12-19-9-4-7-17(19)21/h2-3,5-6,13,15,20H,4,7-12H2,1H3. The third kappa shape index (κ3) is 3.11. The average Bonchev–Trinajstić information content (AvgIpc) is 2.87. The zero-order valence-electron chi connectivity index (χ0n) is 12.7. The van der Waals surface area contributed by atoms with E-state index in [1.54, 1.807) is 4.90 Å². The van der Waals surface area contributed by atoms with Crippen LogP contribution in [0.25, 0.3) is 0 Å². The summed E-state index contributed by atoms with van der Waals surface area (Å²) < 4.78 is 0. The number of hydrogen-bond donors (Lipinski definition) is 1. The van der Waals surface area contributed by atoms with Gasteiger partial charge in [0.25, 0.3) is 0 Å². The van der Waals surface area contributed by atoms with Crippen molar-refractivity contribution in [1.29, 1.82) is 0 Å². The fraction of sp³-hybridized carbons (Fsp3) is 0.588. The first-order chi connectivity index (χ1) is 10.1. The van der Waals surface area contributed by atoms with Gasteiger partial charge in [0.1, 0.15) is 0 Å². The molecule has 4 heteroatoms. The van der Waals surface area contributed by atoms with Gasteiger partial charge in [0.15, 0.2) is 0 Å². The van der Waals surface area contributed by atoms with Crippen LogP contribution in [-0.4, -0.2) is 53.1 Å². The second-order valence-electron chi connectivity index (χ2n) is 6.22. The van der Waals surface area contributed by atoms with E-state index in [2.05, 4.69) is 36.1 Å². The summed E-state index contributed by atoms with van der Waals surface area (Å²) in [6.07, 6.45) is 2.15. The van der Waals surface area contributed by atoms with Crippen LogP contribution in [0.4, 0.5) is 0 Å². The van der Waals surface area contributed by atoms with Crippen LogP contribution >= 0.6 is 0 Å². The summed E-state index contributed by atoms with van der Waals surface area (Å²) in [6.45, 7) is 5.09. The van der Waals surface area contributed by atoms with Gasteiger partial charge in [-0.1, -0.05) is 24.3 Å². The summed E-state index contributed by atoms with van der Waals surface area (Å²) in [5.41, 5.74) is 2.79. The second kappa shape index (κ2) is 6.16. The molecule has 3 rings (SSSR count). The van der Waals surface area contributed by atoms with E-state index in [4.69, 9.17) is 0 Å². The van der Waals surface area contributed by atoms with E-state index >= 15 is 0 Å². The van der Waals surface area contributed by atoms with E-state index in [-0.39, 0.29) is 5.91 Å². The number of likely N-dealkylation sites (tertiary alicyclic amines) is 1. The molecule has 2 atom stereocenters. The maximum atomic E-state index is 11.6. The Labute approximate surface area is 126 Å². The predicted molar refractivity (Wildman–Crippen MR) is 82.0 cm³/mol. The minimum atomic E-state index is -0.459. The molecule has 21 heavy (non-hydrogen) atoms. The first-order valence-electron chi connectivity index (χ1n) is 7.93. The van der Waals surface area contributed by atoms with Crippen molar-refractivity contribution < 1.29 is 9.90 Å². The van der Waals surface area contributed by atoms with Gasteiger partial charge in [-0.05, 0) is 30.9 Å². The van der Waals surface area contributed by atoms with E-state index in [0.29, 0.717) is 25.6 Å². The number of nitrogens with zero attached hydrogens (tertiary/aromatic N) is 2. The van der Waals surface area contributed by atoms with Crippen LogP contribution in [0.3, 0.4) is 0 Å². The molecule has 1 saturated heterocycles. The summed E-state index contributed by atoms with van der Waals surface area (Å²) in [5, 5.41) is 10.3. The number of β-amino-alcohol motifs (C(OH)–C–C–N with tert-alkyl or cyclic N) is 1. The molecule has 0 spiro atoms. The highest BCUT2D eigenvalue weighted by molar-refractivity contribution is 5.78. The quantitative estimate of drug-likeness (QED) is 0.915. The Morgan fingerprint density at radius 1 is 1.24 bits per heavy atom. The molecule has 114 valence electrons. The second-order valence-corrected chi connectivity index (χ2v) is 6.22. The Bertz CT molecular complexity index is 517. The molecule has 0 radical (unpaired) electrons. The topological polar surface area (TPSA) is 43.8 Å².